The van der Waals surface area contributed by atoms with Crippen LogP contribution in [0.1, 0.15) is 40.2 Å². The Morgan fingerprint density at radius 1 is 1.22 bits per heavy atom. The Hall–Kier alpha value is -4.28. The number of nitrogens with one attached hydrogen (secondary N) is 1. The Balaban J connectivity index is 1.62. The van der Waals surface area contributed by atoms with E-state index in [9.17, 15) is 18.4 Å². The van der Waals surface area contributed by atoms with Gasteiger partial charge in [-0.1, -0.05) is 6.07 Å². The van der Waals surface area contributed by atoms with Gasteiger partial charge in [0.25, 0.3) is 5.91 Å². The summed E-state index contributed by atoms with van der Waals surface area (Å²) >= 11 is 0. The van der Waals surface area contributed by atoms with Crippen LogP contribution in [0.4, 0.5) is 25.1 Å². The van der Waals surface area contributed by atoms with Crippen LogP contribution in [0, 0.1) is 18.6 Å². The number of nitrogens with two attached hydrogens (primary N) is 1. The number of benzene rings is 2. The Morgan fingerprint density at radius 3 is 2.64 bits per heavy atom. The van der Waals surface area contributed by atoms with Crippen LogP contribution in [0.2, 0.25) is 0 Å². The smallest absolute Gasteiger partial charge is 0.407 e. The average molecular weight is 498 g/mol. The minimum absolute atomic E-state index is 0.0231. The van der Waals surface area contributed by atoms with Gasteiger partial charge in [-0.15, -0.1) is 0 Å². The number of carbonyl (C=O) groups excluding carboxylic acids is 1. The average Bonchev–Trinajstić information content (AvgIpc) is 3.67. The van der Waals surface area contributed by atoms with Gasteiger partial charge in [0.05, 0.1) is 12.1 Å². The van der Waals surface area contributed by atoms with Gasteiger partial charge in [-0.05, 0) is 61.1 Å². The molecule has 1 heterocycles. The van der Waals surface area contributed by atoms with Crippen molar-refractivity contribution in [2.75, 3.05) is 31.2 Å². The molecular formula is C25H25F2N5O4. The van der Waals surface area contributed by atoms with Crippen LogP contribution >= 0.6 is 0 Å². The Bertz CT molecular complexity index is 1330. The Morgan fingerprint density at radius 2 is 1.97 bits per heavy atom. The molecule has 36 heavy (non-hydrogen) atoms. The van der Waals surface area contributed by atoms with E-state index in [0.717, 1.165) is 29.4 Å². The predicted molar refractivity (Wildman–Crippen MR) is 129 cm³/mol. The molecule has 188 valence electrons. The van der Waals surface area contributed by atoms with Crippen molar-refractivity contribution in [3.63, 3.8) is 0 Å². The highest BCUT2D eigenvalue weighted by Crippen LogP contribution is 2.40. The minimum atomic E-state index is -1.13. The van der Waals surface area contributed by atoms with Gasteiger partial charge in [0, 0.05) is 18.3 Å². The third kappa shape index (κ3) is 5.35. The molecule has 0 unspecified atom stereocenters. The maximum atomic E-state index is 14.6. The lowest BCUT2D eigenvalue weighted by molar-refractivity contribution is 0.102. The quantitative estimate of drug-likeness (QED) is 0.420. The van der Waals surface area contributed by atoms with Crippen molar-refractivity contribution in [3.05, 3.63) is 65.0 Å². The van der Waals surface area contributed by atoms with E-state index < -0.39 is 23.6 Å². The third-order valence-electron chi connectivity index (χ3n) is 5.99. The third-order valence-corrected chi connectivity index (χ3v) is 5.99. The molecule has 2 amide bonds. The Labute approximate surface area is 205 Å². The fourth-order valence-corrected chi connectivity index (χ4v) is 3.73. The van der Waals surface area contributed by atoms with E-state index in [2.05, 4.69) is 15.3 Å². The van der Waals surface area contributed by atoms with Crippen molar-refractivity contribution >= 4 is 23.5 Å². The summed E-state index contributed by atoms with van der Waals surface area (Å²) in [7, 11) is 1.38. The van der Waals surface area contributed by atoms with E-state index in [1.807, 2.05) is 0 Å². The number of rotatable bonds is 8. The summed E-state index contributed by atoms with van der Waals surface area (Å²) in [6, 6.07) is 6.85. The molecule has 0 saturated heterocycles. The lowest BCUT2D eigenvalue weighted by Crippen LogP contribution is -2.29. The lowest BCUT2D eigenvalue weighted by Gasteiger charge is -2.18. The van der Waals surface area contributed by atoms with Crippen LogP contribution < -0.4 is 15.8 Å². The number of amides is 2. The minimum Gasteiger partial charge on any atom is -0.486 e. The molecule has 0 radical (unpaired) electrons. The molecule has 1 aliphatic carbocycles. The molecular weight excluding hydrogens is 472 g/mol. The summed E-state index contributed by atoms with van der Waals surface area (Å²) in [5, 5.41) is 11.6. The molecule has 0 aliphatic heterocycles. The molecule has 0 atom stereocenters. The molecule has 9 nitrogen and oxygen atoms in total. The zero-order valence-corrected chi connectivity index (χ0v) is 19.7. The number of anilines is 2. The standard InChI is InChI=1S/C25H25F2N5O4/c1-13-18(21-22(23(28)30-12-29-21)36-8-7-32(2)25(34)35)10-16(26)11-20(13)31-24(33)17-6-5-15(9-19(17)27)14-3-4-14/h5-6,9-12,14H,3-4,7-8H2,1-2H3,(H,31,33)(H,34,35)(H2,28,29,30). The van der Waals surface area contributed by atoms with Gasteiger partial charge in [0.1, 0.15) is 30.3 Å². The van der Waals surface area contributed by atoms with Gasteiger partial charge in [-0.25, -0.2) is 23.5 Å². The van der Waals surface area contributed by atoms with E-state index in [-0.39, 0.29) is 47.2 Å². The van der Waals surface area contributed by atoms with E-state index in [0.29, 0.717) is 11.5 Å². The lowest BCUT2D eigenvalue weighted by atomic mass is 10.0. The maximum absolute atomic E-state index is 14.6. The number of hydrogen-bond acceptors (Lipinski definition) is 6. The molecule has 1 fully saturated rings. The first-order valence-corrected chi connectivity index (χ1v) is 11.2. The van der Waals surface area contributed by atoms with Gasteiger partial charge in [0.15, 0.2) is 11.6 Å². The van der Waals surface area contributed by atoms with Crippen LogP contribution in [0.15, 0.2) is 36.7 Å². The molecule has 4 rings (SSSR count). The summed E-state index contributed by atoms with van der Waals surface area (Å²) in [5.74, 6) is -1.68. The van der Waals surface area contributed by atoms with Crippen molar-refractivity contribution < 1.29 is 28.2 Å². The first-order chi connectivity index (χ1) is 17.2. The Kier molecular flexibility index (Phi) is 7.00. The van der Waals surface area contributed by atoms with Gasteiger partial charge < -0.3 is 25.8 Å². The molecule has 3 aromatic rings. The van der Waals surface area contributed by atoms with Crippen LogP contribution in [0.3, 0.4) is 0 Å². The number of carbonyl (C=O) groups is 2. The number of nitrogens with zero attached hydrogens (tertiary/aromatic N) is 3. The maximum Gasteiger partial charge on any atom is 0.407 e. The zero-order valence-electron chi connectivity index (χ0n) is 19.7. The topological polar surface area (TPSA) is 131 Å². The zero-order chi connectivity index (χ0) is 26.0. The highest BCUT2D eigenvalue weighted by atomic mass is 19.1. The summed E-state index contributed by atoms with van der Waals surface area (Å²) in [6.07, 6.45) is 2.06. The van der Waals surface area contributed by atoms with Crippen molar-refractivity contribution in [1.29, 1.82) is 0 Å². The molecule has 11 heteroatoms. The summed E-state index contributed by atoms with van der Waals surface area (Å²) in [5.41, 5.74) is 7.65. The van der Waals surface area contributed by atoms with Gasteiger partial charge >= 0.3 is 6.09 Å². The second-order valence-corrected chi connectivity index (χ2v) is 8.58. The highest BCUT2D eigenvalue weighted by molar-refractivity contribution is 6.05. The normalized spacial score (nSPS) is 12.8. The fourth-order valence-electron chi connectivity index (χ4n) is 3.73. The van der Waals surface area contributed by atoms with Crippen molar-refractivity contribution in [2.24, 2.45) is 0 Å². The molecule has 4 N–H and O–H groups in total. The van der Waals surface area contributed by atoms with Crippen LogP contribution in [-0.4, -0.2) is 52.2 Å². The molecule has 1 aromatic heterocycles. The molecule has 0 bridgehead atoms. The molecule has 0 spiro atoms. The summed E-state index contributed by atoms with van der Waals surface area (Å²) < 4.78 is 34.9. The summed E-state index contributed by atoms with van der Waals surface area (Å²) in [4.78, 5) is 32.9. The molecule has 2 aromatic carbocycles. The van der Waals surface area contributed by atoms with Crippen LogP contribution in [0.5, 0.6) is 5.75 Å². The van der Waals surface area contributed by atoms with E-state index in [4.69, 9.17) is 15.6 Å². The van der Waals surface area contributed by atoms with Gasteiger partial charge in [0.2, 0.25) is 0 Å². The SMILES string of the molecule is Cc1c(NC(=O)c2ccc(C3CC3)cc2F)cc(F)cc1-c1ncnc(N)c1OCCN(C)C(=O)O. The monoisotopic (exact) mass is 497 g/mol. The first kappa shape index (κ1) is 24.8. The molecule has 1 aliphatic rings. The first-order valence-electron chi connectivity index (χ1n) is 11.2. The number of carboxylic acid groups (broad SMARTS) is 1. The van der Waals surface area contributed by atoms with Crippen molar-refractivity contribution in [1.82, 2.24) is 14.9 Å². The second-order valence-electron chi connectivity index (χ2n) is 8.58. The fraction of sp³-hybridized carbons (Fsp3) is 0.280. The van der Waals surface area contributed by atoms with E-state index >= 15 is 0 Å². The second kappa shape index (κ2) is 10.1. The number of likely N-dealkylation sites (N-methyl/N-ethyl adjacent to an activating group) is 1. The van der Waals surface area contributed by atoms with Crippen LogP contribution in [0.25, 0.3) is 11.3 Å². The molecule has 1 saturated carbocycles. The number of halogens is 2. The van der Waals surface area contributed by atoms with Crippen LogP contribution in [-0.2, 0) is 0 Å². The summed E-state index contributed by atoms with van der Waals surface area (Å²) in [6.45, 7) is 1.62. The predicted octanol–water partition coefficient (Wildman–Crippen LogP) is 4.43. The highest BCUT2D eigenvalue weighted by Gasteiger charge is 2.25. The van der Waals surface area contributed by atoms with Gasteiger partial charge in [-0.2, -0.15) is 0 Å². The van der Waals surface area contributed by atoms with Crippen molar-refractivity contribution in [3.8, 4) is 17.0 Å². The number of hydrogen-bond donors (Lipinski definition) is 3. The van der Waals surface area contributed by atoms with Gasteiger partial charge in [-0.3, -0.25) is 4.79 Å². The number of aromatic nitrogens is 2. The largest absolute Gasteiger partial charge is 0.486 e. The van der Waals surface area contributed by atoms with E-state index in [1.54, 1.807) is 13.0 Å². The van der Waals surface area contributed by atoms with E-state index in [1.165, 1.54) is 31.6 Å². The van der Waals surface area contributed by atoms with Crippen molar-refractivity contribution in [2.45, 2.75) is 25.7 Å². The number of ether oxygens (including phenoxy) is 1. The number of nitrogen functional groups attached to an aromatic ring is 1.